The van der Waals surface area contributed by atoms with Gasteiger partial charge in [0.1, 0.15) is 0 Å². The van der Waals surface area contributed by atoms with Crippen LogP contribution in [-0.4, -0.2) is 13.1 Å². The molecule has 1 unspecified atom stereocenters. The van der Waals surface area contributed by atoms with Gasteiger partial charge in [0.15, 0.2) is 0 Å². The molecule has 1 aromatic carbocycles. The zero-order valence-electron chi connectivity index (χ0n) is 18.9. The molecule has 0 aliphatic heterocycles. The SMILES string of the molecule is CCCCCC(CCCCCCNCCCc1ccccc1)CC(C)(C)C. The third-order valence-electron chi connectivity index (χ3n) is 5.49. The van der Waals surface area contributed by atoms with Crippen LogP contribution in [0.15, 0.2) is 30.3 Å². The van der Waals surface area contributed by atoms with Crippen LogP contribution in [0, 0.1) is 11.3 Å². The molecule has 0 spiro atoms. The Morgan fingerprint density at radius 3 is 2.07 bits per heavy atom. The lowest BCUT2D eigenvalue weighted by atomic mass is 9.80. The van der Waals surface area contributed by atoms with E-state index in [0.29, 0.717) is 5.41 Å². The van der Waals surface area contributed by atoms with E-state index >= 15 is 0 Å². The predicted molar refractivity (Wildman–Crippen MR) is 122 cm³/mol. The molecule has 0 bridgehead atoms. The lowest BCUT2D eigenvalue weighted by Crippen LogP contribution is -2.17. The number of nitrogens with one attached hydrogen (secondary N) is 1. The van der Waals surface area contributed by atoms with Crippen LogP contribution < -0.4 is 5.32 Å². The number of rotatable bonds is 16. The van der Waals surface area contributed by atoms with Crippen LogP contribution in [0.1, 0.15) is 104 Å². The van der Waals surface area contributed by atoms with Crippen molar-refractivity contribution in [2.75, 3.05) is 13.1 Å². The molecule has 0 saturated heterocycles. The van der Waals surface area contributed by atoms with Crippen molar-refractivity contribution >= 4 is 0 Å². The van der Waals surface area contributed by atoms with Gasteiger partial charge in [0.2, 0.25) is 0 Å². The van der Waals surface area contributed by atoms with Gasteiger partial charge >= 0.3 is 0 Å². The van der Waals surface area contributed by atoms with Crippen LogP contribution >= 0.6 is 0 Å². The quantitative estimate of drug-likeness (QED) is 0.291. The highest BCUT2D eigenvalue weighted by atomic mass is 14.8. The van der Waals surface area contributed by atoms with Crippen LogP contribution in [0.5, 0.6) is 0 Å². The van der Waals surface area contributed by atoms with E-state index in [1.165, 1.54) is 89.2 Å². The highest BCUT2D eigenvalue weighted by molar-refractivity contribution is 5.14. The van der Waals surface area contributed by atoms with Gasteiger partial charge in [0, 0.05) is 0 Å². The molecule has 1 N–H and O–H groups in total. The van der Waals surface area contributed by atoms with Gasteiger partial charge in [-0.2, -0.15) is 0 Å². The van der Waals surface area contributed by atoms with Gasteiger partial charge < -0.3 is 5.32 Å². The van der Waals surface area contributed by atoms with Gasteiger partial charge in [0.05, 0.1) is 0 Å². The van der Waals surface area contributed by atoms with Crippen LogP contribution in [0.25, 0.3) is 0 Å². The first-order chi connectivity index (χ1) is 13.0. The third kappa shape index (κ3) is 14.9. The Bertz CT molecular complexity index is 431. The minimum absolute atomic E-state index is 0.487. The Morgan fingerprint density at radius 2 is 1.41 bits per heavy atom. The van der Waals surface area contributed by atoms with Crippen molar-refractivity contribution in [1.82, 2.24) is 5.32 Å². The number of unbranched alkanes of at least 4 members (excludes halogenated alkanes) is 5. The van der Waals surface area contributed by atoms with E-state index in [2.05, 4.69) is 63.3 Å². The molecule has 1 nitrogen and oxygen atoms in total. The first-order valence-electron chi connectivity index (χ1n) is 11.8. The second kappa shape index (κ2) is 15.1. The summed E-state index contributed by atoms with van der Waals surface area (Å²) in [7, 11) is 0. The Hall–Kier alpha value is -0.820. The molecule has 27 heavy (non-hydrogen) atoms. The van der Waals surface area contributed by atoms with Crippen molar-refractivity contribution < 1.29 is 0 Å². The summed E-state index contributed by atoms with van der Waals surface area (Å²) in [6.07, 6.45) is 16.5. The molecular formula is C26H47N. The molecule has 0 saturated carbocycles. The summed E-state index contributed by atoms with van der Waals surface area (Å²) in [5.41, 5.74) is 1.95. The van der Waals surface area contributed by atoms with E-state index in [9.17, 15) is 0 Å². The fraction of sp³-hybridized carbons (Fsp3) is 0.769. The number of benzene rings is 1. The van der Waals surface area contributed by atoms with Crippen molar-refractivity contribution in [3.05, 3.63) is 35.9 Å². The Kier molecular flexibility index (Phi) is 13.6. The monoisotopic (exact) mass is 373 g/mol. The van der Waals surface area contributed by atoms with E-state index in [1.54, 1.807) is 0 Å². The van der Waals surface area contributed by atoms with E-state index in [4.69, 9.17) is 0 Å². The van der Waals surface area contributed by atoms with Crippen molar-refractivity contribution in [1.29, 1.82) is 0 Å². The standard InChI is InChI=1S/C26H47N/c1-5-6-10-18-25(23-26(2,3)4)19-11-7-8-14-21-27-22-15-20-24-16-12-9-13-17-24/h9,12-13,16-17,25,27H,5-8,10-11,14-15,18-23H2,1-4H3. The van der Waals surface area contributed by atoms with Crippen molar-refractivity contribution in [2.45, 2.75) is 105 Å². The zero-order valence-corrected chi connectivity index (χ0v) is 18.9. The average molecular weight is 374 g/mol. The molecule has 0 heterocycles. The Balaban J connectivity index is 1.98. The first kappa shape index (κ1) is 24.2. The van der Waals surface area contributed by atoms with Crippen LogP contribution in [0.4, 0.5) is 0 Å². The molecule has 0 aliphatic rings. The molecule has 0 fully saturated rings. The lowest BCUT2D eigenvalue weighted by molar-refractivity contribution is 0.260. The molecule has 1 rings (SSSR count). The van der Waals surface area contributed by atoms with Crippen LogP contribution in [0.3, 0.4) is 0 Å². The normalized spacial score (nSPS) is 13.0. The summed E-state index contributed by atoms with van der Waals surface area (Å²) in [4.78, 5) is 0. The van der Waals surface area contributed by atoms with Gasteiger partial charge in [-0.3, -0.25) is 0 Å². The summed E-state index contributed by atoms with van der Waals surface area (Å²) < 4.78 is 0. The summed E-state index contributed by atoms with van der Waals surface area (Å²) in [6.45, 7) is 11.9. The average Bonchev–Trinajstić information content (AvgIpc) is 2.63. The number of hydrogen-bond donors (Lipinski definition) is 1. The topological polar surface area (TPSA) is 12.0 Å². The molecule has 0 amide bonds. The molecule has 156 valence electrons. The van der Waals surface area contributed by atoms with Gasteiger partial charge in [0.25, 0.3) is 0 Å². The van der Waals surface area contributed by atoms with E-state index < -0.39 is 0 Å². The summed E-state index contributed by atoms with van der Waals surface area (Å²) in [5.74, 6) is 0.952. The maximum Gasteiger partial charge on any atom is -0.00457 e. The largest absolute Gasteiger partial charge is 0.317 e. The second-order valence-electron chi connectivity index (χ2n) is 9.67. The predicted octanol–water partition coefficient (Wildman–Crippen LogP) is 7.79. The van der Waals surface area contributed by atoms with Gasteiger partial charge in [-0.25, -0.2) is 0 Å². The lowest BCUT2D eigenvalue weighted by Gasteiger charge is -2.26. The molecule has 0 radical (unpaired) electrons. The van der Waals surface area contributed by atoms with Crippen molar-refractivity contribution in [3.63, 3.8) is 0 Å². The molecule has 1 heteroatoms. The fourth-order valence-electron chi connectivity index (χ4n) is 4.12. The fourth-order valence-corrected chi connectivity index (χ4v) is 4.12. The molecule has 1 atom stereocenters. The molecule has 1 aromatic rings. The third-order valence-corrected chi connectivity index (χ3v) is 5.49. The van der Waals surface area contributed by atoms with Crippen molar-refractivity contribution in [2.24, 2.45) is 11.3 Å². The Labute approximate surface area is 170 Å². The second-order valence-corrected chi connectivity index (χ2v) is 9.67. The van der Waals surface area contributed by atoms with Crippen LogP contribution in [0.2, 0.25) is 0 Å². The molecule has 0 aromatic heterocycles. The molecular weight excluding hydrogens is 326 g/mol. The van der Waals surface area contributed by atoms with Gasteiger partial charge in [-0.1, -0.05) is 109 Å². The summed E-state index contributed by atoms with van der Waals surface area (Å²) >= 11 is 0. The zero-order chi connectivity index (χ0) is 19.8. The Morgan fingerprint density at radius 1 is 0.778 bits per heavy atom. The van der Waals surface area contributed by atoms with E-state index in [-0.39, 0.29) is 0 Å². The van der Waals surface area contributed by atoms with Crippen LogP contribution in [-0.2, 0) is 6.42 Å². The minimum Gasteiger partial charge on any atom is -0.317 e. The highest BCUT2D eigenvalue weighted by Crippen LogP contribution is 2.31. The smallest absolute Gasteiger partial charge is 0.00457 e. The summed E-state index contributed by atoms with van der Waals surface area (Å²) in [5, 5.41) is 3.62. The van der Waals surface area contributed by atoms with E-state index in [0.717, 1.165) is 12.5 Å². The van der Waals surface area contributed by atoms with Gasteiger partial charge in [-0.05, 0) is 55.7 Å². The maximum atomic E-state index is 3.62. The minimum atomic E-state index is 0.487. The first-order valence-corrected chi connectivity index (χ1v) is 11.8. The highest BCUT2D eigenvalue weighted by Gasteiger charge is 2.18. The van der Waals surface area contributed by atoms with Crippen molar-refractivity contribution in [3.8, 4) is 0 Å². The maximum absolute atomic E-state index is 3.62. The van der Waals surface area contributed by atoms with Gasteiger partial charge in [-0.15, -0.1) is 0 Å². The molecule has 0 aliphatic carbocycles. The van der Waals surface area contributed by atoms with E-state index in [1.807, 2.05) is 0 Å². The number of aryl methyl sites for hydroxylation is 1. The summed E-state index contributed by atoms with van der Waals surface area (Å²) in [6, 6.07) is 10.8. The number of hydrogen-bond acceptors (Lipinski definition) is 1.